The van der Waals surface area contributed by atoms with Crippen molar-refractivity contribution in [1.82, 2.24) is 14.9 Å². The first kappa shape index (κ1) is 16.3. The van der Waals surface area contributed by atoms with Crippen molar-refractivity contribution in [2.45, 2.75) is 51.6 Å². The van der Waals surface area contributed by atoms with Gasteiger partial charge in [0.1, 0.15) is 16.9 Å². The van der Waals surface area contributed by atoms with E-state index in [-0.39, 0.29) is 5.56 Å². The monoisotopic (exact) mass is 339 g/mol. The number of aromatic nitrogens is 2. The zero-order valence-electron chi connectivity index (χ0n) is 14.9. The fourth-order valence-corrected chi connectivity index (χ4v) is 4.32. The summed E-state index contributed by atoms with van der Waals surface area (Å²) in [5.41, 5.74) is 1.50. The summed E-state index contributed by atoms with van der Waals surface area (Å²) in [5, 5.41) is 0.900. The smallest absolute Gasteiger partial charge is 0.294 e. The lowest BCUT2D eigenvalue weighted by molar-refractivity contribution is 0.118. The minimum atomic E-state index is -0.194. The fourth-order valence-electron chi connectivity index (χ4n) is 4.32. The summed E-state index contributed by atoms with van der Waals surface area (Å²) in [6.45, 7) is 2.94. The third-order valence-corrected chi connectivity index (χ3v) is 5.64. The Morgan fingerprint density at radius 2 is 2.08 bits per heavy atom. The molecule has 0 saturated heterocycles. The van der Waals surface area contributed by atoms with Crippen LogP contribution in [0.1, 0.15) is 44.9 Å². The van der Waals surface area contributed by atoms with E-state index in [2.05, 4.69) is 23.9 Å². The maximum Gasteiger partial charge on any atom is 0.294 e. The van der Waals surface area contributed by atoms with Gasteiger partial charge in [0.25, 0.3) is 5.56 Å². The minimum absolute atomic E-state index is 0.194. The van der Waals surface area contributed by atoms with E-state index in [0.717, 1.165) is 11.3 Å². The van der Waals surface area contributed by atoms with Crippen LogP contribution in [0, 0.1) is 5.92 Å². The van der Waals surface area contributed by atoms with Gasteiger partial charge in [-0.05, 0) is 37.9 Å². The topological polar surface area (TPSA) is 62.1 Å². The highest BCUT2D eigenvalue weighted by molar-refractivity contribution is 6.01. The van der Waals surface area contributed by atoms with Crippen molar-refractivity contribution in [3.8, 4) is 0 Å². The summed E-state index contributed by atoms with van der Waals surface area (Å²) in [4.78, 5) is 22.4. The van der Waals surface area contributed by atoms with Gasteiger partial charge in [-0.2, -0.15) is 0 Å². The van der Waals surface area contributed by atoms with Crippen molar-refractivity contribution in [2.24, 2.45) is 5.92 Å². The van der Waals surface area contributed by atoms with Gasteiger partial charge < -0.3 is 9.40 Å². The highest BCUT2D eigenvalue weighted by Crippen LogP contribution is 2.31. The zero-order chi connectivity index (χ0) is 17.4. The van der Waals surface area contributed by atoms with Crippen LogP contribution >= 0.6 is 0 Å². The predicted molar refractivity (Wildman–Crippen MR) is 99.6 cm³/mol. The standard InChI is InChI=1S/C20H25N3O2/c1-3-13-8-4-6-10-15(13)23(2)12-17-21-18-14-9-5-7-11-16(14)25-19(18)20(24)22-17/h5,7,9,11,13,15H,3-4,6,8,10,12H2,1-2H3,(H,21,22,24)/t13-,15-/m0/s1. The average molecular weight is 339 g/mol. The van der Waals surface area contributed by atoms with Crippen LogP contribution in [-0.2, 0) is 6.54 Å². The van der Waals surface area contributed by atoms with E-state index in [1.807, 2.05) is 24.3 Å². The van der Waals surface area contributed by atoms with Crippen LogP contribution in [-0.4, -0.2) is 28.0 Å². The highest BCUT2D eigenvalue weighted by Gasteiger charge is 2.27. The molecule has 1 saturated carbocycles. The van der Waals surface area contributed by atoms with Crippen molar-refractivity contribution in [3.63, 3.8) is 0 Å². The predicted octanol–water partition coefficient (Wildman–Crippen LogP) is 4.07. The molecule has 5 heteroatoms. The number of hydrogen-bond donors (Lipinski definition) is 1. The molecule has 5 nitrogen and oxygen atoms in total. The normalized spacial score (nSPS) is 21.4. The number of para-hydroxylation sites is 1. The molecule has 0 spiro atoms. The maximum atomic E-state index is 12.4. The molecule has 1 fully saturated rings. The number of benzene rings is 1. The van der Waals surface area contributed by atoms with E-state index < -0.39 is 0 Å². The Labute approximate surface area is 147 Å². The molecule has 4 rings (SSSR count). The number of furan rings is 1. The SMILES string of the molecule is CC[C@H]1CCCC[C@@H]1N(C)Cc1nc2c(oc3ccccc32)c(=O)[nH]1. The lowest BCUT2D eigenvalue weighted by Crippen LogP contribution is -2.40. The van der Waals surface area contributed by atoms with E-state index in [0.29, 0.717) is 35.1 Å². The average Bonchev–Trinajstić information content (AvgIpc) is 3.01. The molecule has 2 heterocycles. The zero-order valence-corrected chi connectivity index (χ0v) is 14.9. The Morgan fingerprint density at radius 1 is 1.28 bits per heavy atom. The van der Waals surface area contributed by atoms with Gasteiger partial charge in [0.15, 0.2) is 0 Å². The van der Waals surface area contributed by atoms with Crippen LogP contribution in [0.2, 0.25) is 0 Å². The number of rotatable bonds is 4. The van der Waals surface area contributed by atoms with Gasteiger partial charge in [0.05, 0.1) is 6.54 Å². The minimum Gasteiger partial charge on any atom is -0.449 e. The summed E-state index contributed by atoms with van der Waals surface area (Å²) in [7, 11) is 2.15. The molecule has 1 aliphatic carbocycles. The summed E-state index contributed by atoms with van der Waals surface area (Å²) >= 11 is 0. The molecule has 3 aromatic rings. The maximum absolute atomic E-state index is 12.4. The van der Waals surface area contributed by atoms with Gasteiger partial charge in [-0.1, -0.05) is 38.3 Å². The van der Waals surface area contributed by atoms with Gasteiger partial charge in [0, 0.05) is 11.4 Å². The van der Waals surface area contributed by atoms with Crippen LogP contribution < -0.4 is 5.56 Å². The second-order valence-corrected chi connectivity index (χ2v) is 7.22. The molecule has 2 atom stereocenters. The summed E-state index contributed by atoms with van der Waals surface area (Å²) in [5.74, 6) is 1.45. The highest BCUT2D eigenvalue weighted by atomic mass is 16.3. The van der Waals surface area contributed by atoms with Gasteiger partial charge in [-0.3, -0.25) is 9.69 Å². The first-order chi connectivity index (χ1) is 12.2. The van der Waals surface area contributed by atoms with Crippen LogP contribution in [0.4, 0.5) is 0 Å². The van der Waals surface area contributed by atoms with E-state index in [1.54, 1.807) is 0 Å². The van der Waals surface area contributed by atoms with Crippen molar-refractivity contribution in [2.75, 3.05) is 7.05 Å². The molecule has 0 unspecified atom stereocenters. The molecule has 132 valence electrons. The Kier molecular flexibility index (Phi) is 4.34. The van der Waals surface area contributed by atoms with Crippen LogP contribution in [0.25, 0.3) is 22.1 Å². The third kappa shape index (κ3) is 2.97. The molecule has 1 aromatic carbocycles. The number of hydrogen-bond acceptors (Lipinski definition) is 4. The number of fused-ring (bicyclic) bond motifs is 3. The Balaban J connectivity index is 1.67. The van der Waals surface area contributed by atoms with Gasteiger partial charge in [-0.15, -0.1) is 0 Å². The fraction of sp³-hybridized carbons (Fsp3) is 0.500. The van der Waals surface area contributed by atoms with Crippen molar-refractivity contribution in [1.29, 1.82) is 0 Å². The molecule has 0 amide bonds. The first-order valence-electron chi connectivity index (χ1n) is 9.28. The quantitative estimate of drug-likeness (QED) is 0.778. The van der Waals surface area contributed by atoms with Gasteiger partial charge >= 0.3 is 0 Å². The first-order valence-corrected chi connectivity index (χ1v) is 9.28. The Hall–Kier alpha value is -2.14. The summed E-state index contributed by atoms with van der Waals surface area (Å²) < 4.78 is 5.67. The van der Waals surface area contributed by atoms with Crippen LogP contribution in [0.15, 0.2) is 33.5 Å². The molecule has 1 N–H and O–H groups in total. The Bertz CT molecular complexity index is 943. The van der Waals surface area contributed by atoms with Gasteiger partial charge in [0.2, 0.25) is 5.58 Å². The van der Waals surface area contributed by atoms with Crippen molar-refractivity contribution < 1.29 is 4.42 Å². The van der Waals surface area contributed by atoms with E-state index in [1.165, 1.54) is 32.1 Å². The Morgan fingerprint density at radius 3 is 2.92 bits per heavy atom. The number of nitrogens with zero attached hydrogens (tertiary/aromatic N) is 2. The second-order valence-electron chi connectivity index (χ2n) is 7.22. The second kappa shape index (κ2) is 6.64. The number of nitrogens with one attached hydrogen (secondary N) is 1. The lowest BCUT2D eigenvalue weighted by Gasteiger charge is -2.37. The third-order valence-electron chi connectivity index (χ3n) is 5.64. The van der Waals surface area contributed by atoms with Crippen LogP contribution in [0.5, 0.6) is 0 Å². The van der Waals surface area contributed by atoms with E-state index >= 15 is 0 Å². The molecular formula is C20H25N3O2. The molecule has 0 aliphatic heterocycles. The van der Waals surface area contributed by atoms with Crippen molar-refractivity contribution >= 4 is 22.1 Å². The molecule has 1 aliphatic rings. The number of aromatic amines is 1. The largest absolute Gasteiger partial charge is 0.449 e. The molecule has 0 radical (unpaired) electrons. The molecule has 0 bridgehead atoms. The number of H-pyrrole nitrogens is 1. The molecule has 2 aromatic heterocycles. The van der Waals surface area contributed by atoms with E-state index in [4.69, 9.17) is 9.40 Å². The molecule has 25 heavy (non-hydrogen) atoms. The van der Waals surface area contributed by atoms with E-state index in [9.17, 15) is 4.79 Å². The molecular weight excluding hydrogens is 314 g/mol. The van der Waals surface area contributed by atoms with Crippen molar-refractivity contribution in [3.05, 3.63) is 40.4 Å². The lowest BCUT2D eigenvalue weighted by atomic mass is 9.82. The van der Waals surface area contributed by atoms with Gasteiger partial charge in [-0.25, -0.2) is 4.98 Å². The summed E-state index contributed by atoms with van der Waals surface area (Å²) in [6.07, 6.45) is 6.38. The summed E-state index contributed by atoms with van der Waals surface area (Å²) in [6, 6.07) is 8.24. The van der Waals surface area contributed by atoms with Crippen LogP contribution in [0.3, 0.4) is 0 Å².